The molecule has 0 unspecified atom stereocenters. The summed E-state index contributed by atoms with van der Waals surface area (Å²) < 4.78 is 28.4. The summed E-state index contributed by atoms with van der Waals surface area (Å²) in [5.74, 6) is 0. The molecule has 0 aromatic heterocycles. The van der Waals surface area contributed by atoms with E-state index in [2.05, 4.69) is 0 Å². The summed E-state index contributed by atoms with van der Waals surface area (Å²) in [6, 6.07) is 7.38. The van der Waals surface area contributed by atoms with Crippen molar-refractivity contribution in [2.75, 3.05) is 6.61 Å². The molecule has 0 aliphatic rings. The van der Waals surface area contributed by atoms with Gasteiger partial charge in [0.1, 0.15) is 6.61 Å². The van der Waals surface area contributed by atoms with Gasteiger partial charge in [0.15, 0.2) is 0 Å². The van der Waals surface area contributed by atoms with E-state index in [4.69, 9.17) is 10.5 Å². The Labute approximate surface area is 81.7 Å². The monoisotopic (exact) mass is 201 g/mol. The second kappa shape index (κ2) is 5.67. The van der Waals surface area contributed by atoms with Gasteiger partial charge in [0.25, 0.3) is 6.43 Å². The lowest BCUT2D eigenvalue weighted by molar-refractivity contribution is 0.00967. The van der Waals surface area contributed by atoms with Crippen molar-refractivity contribution in [2.24, 2.45) is 5.73 Å². The summed E-state index contributed by atoms with van der Waals surface area (Å²) in [7, 11) is 0. The number of hydrogen-bond donors (Lipinski definition) is 1. The molecule has 0 radical (unpaired) electrons. The van der Waals surface area contributed by atoms with Crippen LogP contribution in [0.15, 0.2) is 24.3 Å². The van der Waals surface area contributed by atoms with Gasteiger partial charge >= 0.3 is 0 Å². The van der Waals surface area contributed by atoms with Crippen LogP contribution in [0.5, 0.6) is 0 Å². The molecule has 0 saturated carbocycles. The predicted molar refractivity (Wildman–Crippen MR) is 50.0 cm³/mol. The molecule has 1 rings (SSSR count). The summed E-state index contributed by atoms with van der Waals surface area (Å²) in [6.07, 6.45) is -2.42. The van der Waals surface area contributed by atoms with E-state index in [1.54, 1.807) is 0 Å². The second-order valence-corrected chi connectivity index (χ2v) is 2.88. The van der Waals surface area contributed by atoms with Crippen molar-refractivity contribution in [3.05, 3.63) is 35.4 Å². The molecule has 0 fully saturated rings. The number of nitrogens with two attached hydrogens (primary N) is 1. The zero-order valence-corrected chi connectivity index (χ0v) is 7.75. The van der Waals surface area contributed by atoms with Crippen molar-refractivity contribution in [3.63, 3.8) is 0 Å². The molecular formula is C10H13F2NO. The lowest BCUT2D eigenvalue weighted by Crippen LogP contribution is -2.07. The highest BCUT2D eigenvalue weighted by Gasteiger charge is 2.04. The molecule has 0 bridgehead atoms. The Balaban J connectivity index is 2.49. The van der Waals surface area contributed by atoms with E-state index in [1.165, 1.54) is 0 Å². The van der Waals surface area contributed by atoms with Crippen LogP contribution in [0.1, 0.15) is 11.1 Å². The Hall–Kier alpha value is -1.00. The Morgan fingerprint density at radius 3 is 2.43 bits per heavy atom. The first-order valence-electron chi connectivity index (χ1n) is 4.36. The molecule has 0 aliphatic heterocycles. The van der Waals surface area contributed by atoms with Crippen LogP contribution in [0, 0.1) is 0 Å². The smallest absolute Gasteiger partial charge is 0.261 e. The van der Waals surface area contributed by atoms with Gasteiger partial charge < -0.3 is 10.5 Å². The van der Waals surface area contributed by atoms with Crippen LogP contribution in [0.2, 0.25) is 0 Å². The quantitative estimate of drug-likeness (QED) is 0.790. The molecule has 0 heterocycles. The van der Waals surface area contributed by atoms with Crippen LogP contribution in [0.3, 0.4) is 0 Å². The molecule has 0 amide bonds. The van der Waals surface area contributed by atoms with Gasteiger partial charge in [-0.1, -0.05) is 24.3 Å². The fraction of sp³-hybridized carbons (Fsp3) is 0.400. The average Bonchev–Trinajstić information content (AvgIpc) is 2.18. The first-order chi connectivity index (χ1) is 6.74. The van der Waals surface area contributed by atoms with E-state index in [0.717, 1.165) is 11.1 Å². The van der Waals surface area contributed by atoms with Gasteiger partial charge in [0.2, 0.25) is 0 Å². The molecule has 14 heavy (non-hydrogen) atoms. The number of hydrogen-bond acceptors (Lipinski definition) is 2. The molecule has 1 aromatic carbocycles. The summed E-state index contributed by atoms with van der Waals surface area (Å²) in [6.45, 7) is 0.0603. The van der Waals surface area contributed by atoms with Gasteiger partial charge in [-0.25, -0.2) is 8.78 Å². The van der Waals surface area contributed by atoms with E-state index in [0.29, 0.717) is 6.54 Å². The van der Waals surface area contributed by atoms with E-state index in [1.807, 2.05) is 24.3 Å². The van der Waals surface area contributed by atoms with E-state index in [9.17, 15) is 8.78 Å². The highest BCUT2D eigenvalue weighted by Crippen LogP contribution is 2.09. The van der Waals surface area contributed by atoms with Crippen LogP contribution in [-0.2, 0) is 17.9 Å². The molecule has 0 spiro atoms. The van der Waals surface area contributed by atoms with Crippen molar-refractivity contribution < 1.29 is 13.5 Å². The van der Waals surface area contributed by atoms with Crippen LogP contribution >= 0.6 is 0 Å². The van der Waals surface area contributed by atoms with Crippen LogP contribution in [0.25, 0.3) is 0 Å². The van der Waals surface area contributed by atoms with Gasteiger partial charge in [-0.15, -0.1) is 0 Å². The first kappa shape index (κ1) is 11.1. The fourth-order valence-corrected chi connectivity index (χ4v) is 1.16. The van der Waals surface area contributed by atoms with Crippen LogP contribution in [0.4, 0.5) is 8.78 Å². The summed E-state index contributed by atoms with van der Waals surface area (Å²) >= 11 is 0. The largest absolute Gasteiger partial charge is 0.371 e. The third kappa shape index (κ3) is 3.40. The standard InChI is InChI=1S/C10H13F2NO/c11-10(12)7-14-6-9-4-2-1-3-8(9)5-13/h1-4,10H,5-7,13H2. The molecular weight excluding hydrogens is 188 g/mol. The number of rotatable bonds is 5. The molecule has 1 aromatic rings. The Morgan fingerprint density at radius 2 is 1.86 bits per heavy atom. The normalized spacial score (nSPS) is 10.9. The minimum atomic E-state index is -2.42. The second-order valence-electron chi connectivity index (χ2n) is 2.88. The Kier molecular flexibility index (Phi) is 4.49. The molecule has 2 N–H and O–H groups in total. The molecule has 0 aliphatic carbocycles. The van der Waals surface area contributed by atoms with Gasteiger partial charge in [-0.05, 0) is 11.1 Å². The maximum atomic E-state index is 11.8. The fourth-order valence-electron chi connectivity index (χ4n) is 1.16. The number of alkyl halides is 2. The third-order valence-corrected chi connectivity index (χ3v) is 1.84. The number of ether oxygens (including phenoxy) is 1. The lowest BCUT2D eigenvalue weighted by Gasteiger charge is -2.07. The van der Waals surface area contributed by atoms with Crippen molar-refractivity contribution in [1.29, 1.82) is 0 Å². The molecule has 78 valence electrons. The van der Waals surface area contributed by atoms with E-state index < -0.39 is 13.0 Å². The maximum absolute atomic E-state index is 11.8. The molecule has 0 saturated heterocycles. The molecule has 2 nitrogen and oxygen atoms in total. The zero-order chi connectivity index (χ0) is 10.4. The summed E-state index contributed by atoms with van der Waals surface area (Å²) in [5.41, 5.74) is 7.28. The van der Waals surface area contributed by atoms with Crippen molar-refractivity contribution in [3.8, 4) is 0 Å². The SMILES string of the molecule is NCc1ccccc1COCC(F)F. The van der Waals surface area contributed by atoms with Gasteiger partial charge in [-0.3, -0.25) is 0 Å². The topological polar surface area (TPSA) is 35.2 Å². The van der Waals surface area contributed by atoms with Crippen LogP contribution in [-0.4, -0.2) is 13.0 Å². The average molecular weight is 201 g/mol. The van der Waals surface area contributed by atoms with Gasteiger partial charge in [0, 0.05) is 6.54 Å². The first-order valence-corrected chi connectivity index (χ1v) is 4.36. The van der Waals surface area contributed by atoms with Crippen molar-refractivity contribution in [2.45, 2.75) is 19.6 Å². The predicted octanol–water partition coefficient (Wildman–Crippen LogP) is 1.93. The van der Waals surface area contributed by atoms with Gasteiger partial charge in [-0.2, -0.15) is 0 Å². The van der Waals surface area contributed by atoms with Crippen LogP contribution < -0.4 is 5.73 Å². The minimum absolute atomic E-state index is 0.192. The third-order valence-electron chi connectivity index (χ3n) is 1.84. The summed E-state index contributed by atoms with van der Waals surface area (Å²) in [4.78, 5) is 0. The van der Waals surface area contributed by atoms with E-state index >= 15 is 0 Å². The summed E-state index contributed by atoms with van der Waals surface area (Å²) in [5, 5.41) is 0. The number of halogens is 2. The van der Waals surface area contributed by atoms with Crippen molar-refractivity contribution >= 4 is 0 Å². The molecule has 4 heteroatoms. The van der Waals surface area contributed by atoms with Crippen molar-refractivity contribution in [1.82, 2.24) is 0 Å². The highest BCUT2D eigenvalue weighted by molar-refractivity contribution is 5.26. The minimum Gasteiger partial charge on any atom is -0.371 e. The zero-order valence-electron chi connectivity index (χ0n) is 7.75. The van der Waals surface area contributed by atoms with E-state index in [-0.39, 0.29) is 6.61 Å². The Morgan fingerprint density at radius 1 is 1.21 bits per heavy atom. The number of benzene rings is 1. The maximum Gasteiger partial charge on any atom is 0.261 e. The lowest BCUT2D eigenvalue weighted by atomic mass is 10.1. The van der Waals surface area contributed by atoms with Gasteiger partial charge in [0.05, 0.1) is 6.61 Å². The highest BCUT2D eigenvalue weighted by atomic mass is 19.3. The Bertz CT molecular complexity index is 279. The molecule has 0 atom stereocenters.